The summed E-state index contributed by atoms with van der Waals surface area (Å²) < 4.78 is 14.4. The number of piperazine rings is 1. The van der Waals surface area contributed by atoms with E-state index in [2.05, 4.69) is 21.2 Å². The molecule has 1 aromatic carbocycles. The maximum absolute atomic E-state index is 14.3. The fourth-order valence-electron chi connectivity index (χ4n) is 2.00. The van der Waals surface area contributed by atoms with Gasteiger partial charge < -0.3 is 4.90 Å². The third-order valence-electron chi connectivity index (χ3n) is 3.26. The van der Waals surface area contributed by atoms with Gasteiger partial charge in [0.1, 0.15) is 11.6 Å². The number of halogens is 2. The first kappa shape index (κ1) is 14.5. The summed E-state index contributed by atoms with van der Waals surface area (Å²) in [4.78, 5) is 24.8. The maximum Gasteiger partial charge on any atom is 0.251 e. The second-order valence-electron chi connectivity index (χ2n) is 4.89. The van der Waals surface area contributed by atoms with Gasteiger partial charge in [-0.2, -0.15) is 5.26 Å². The second kappa shape index (κ2) is 4.87. The Balaban J connectivity index is 2.56. The predicted octanol–water partition coefficient (Wildman–Crippen LogP) is 1.70. The van der Waals surface area contributed by atoms with E-state index in [1.165, 1.54) is 17.0 Å². The monoisotopic (exact) mass is 339 g/mol. The molecule has 0 unspecified atom stereocenters. The Labute approximate surface area is 123 Å². The third kappa shape index (κ3) is 2.16. The van der Waals surface area contributed by atoms with Crippen LogP contribution in [0, 0.1) is 17.1 Å². The molecule has 0 atom stereocenters. The smallest absolute Gasteiger partial charge is 0.251 e. The molecule has 1 fully saturated rings. The largest absolute Gasteiger partial charge is 0.346 e. The number of hydrogen-bond donors (Lipinski definition) is 1. The van der Waals surface area contributed by atoms with Crippen LogP contribution in [0.2, 0.25) is 0 Å². The number of nitriles is 1. The molecule has 0 radical (unpaired) electrons. The molecule has 104 valence electrons. The molecular formula is C13H11BrFN3O2. The molecule has 0 aliphatic carbocycles. The van der Waals surface area contributed by atoms with Crippen molar-refractivity contribution in [1.82, 2.24) is 5.32 Å². The molecule has 0 spiro atoms. The Kier molecular flexibility index (Phi) is 3.52. The van der Waals surface area contributed by atoms with Gasteiger partial charge in [0.15, 0.2) is 5.82 Å². The van der Waals surface area contributed by atoms with Crippen LogP contribution in [-0.2, 0) is 9.59 Å². The fourth-order valence-corrected chi connectivity index (χ4v) is 2.43. The standard InChI is InChI=1S/C13H11BrFN3O2/c1-13(2)12(20)17-9(19)6-18(13)8-4-3-7(5-16)10(14)11(8)15/h3-4H,6H2,1-2H3,(H,17,19,20). The lowest BCUT2D eigenvalue weighted by Crippen LogP contribution is -2.64. The maximum atomic E-state index is 14.3. The third-order valence-corrected chi connectivity index (χ3v) is 4.03. The van der Waals surface area contributed by atoms with Crippen molar-refractivity contribution in [2.45, 2.75) is 19.4 Å². The molecule has 2 rings (SSSR count). The highest BCUT2D eigenvalue weighted by Crippen LogP contribution is 2.33. The molecule has 1 aliphatic rings. The van der Waals surface area contributed by atoms with Crippen molar-refractivity contribution in [2.75, 3.05) is 11.4 Å². The normalized spacial score (nSPS) is 17.6. The van der Waals surface area contributed by atoms with Crippen LogP contribution < -0.4 is 10.2 Å². The number of rotatable bonds is 1. The van der Waals surface area contributed by atoms with Crippen LogP contribution in [0.3, 0.4) is 0 Å². The van der Waals surface area contributed by atoms with Crippen molar-refractivity contribution in [3.05, 3.63) is 28.0 Å². The minimum absolute atomic E-state index is 0.0201. The Morgan fingerprint density at radius 1 is 1.45 bits per heavy atom. The summed E-state index contributed by atoms with van der Waals surface area (Å²) in [5.74, 6) is -1.65. The van der Waals surface area contributed by atoms with Crippen molar-refractivity contribution in [3.8, 4) is 6.07 Å². The first-order valence-corrected chi connectivity index (χ1v) is 6.58. The van der Waals surface area contributed by atoms with E-state index in [9.17, 15) is 14.0 Å². The van der Waals surface area contributed by atoms with Crippen LogP contribution in [0.5, 0.6) is 0 Å². The Morgan fingerprint density at radius 3 is 2.70 bits per heavy atom. The van der Waals surface area contributed by atoms with Crippen LogP contribution in [-0.4, -0.2) is 23.9 Å². The number of imide groups is 1. The number of nitrogens with one attached hydrogen (secondary N) is 1. The first-order chi connectivity index (χ1) is 9.28. The van der Waals surface area contributed by atoms with Gasteiger partial charge in [-0.25, -0.2) is 4.39 Å². The van der Waals surface area contributed by atoms with E-state index < -0.39 is 23.2 Å². The van der Waals surface area contributed by atoms with E-state index in [0.29, 0.717) is 0 Å². The van der Waals surface area contributed by atoms with Gasteiger partial charge in [0.25, 0.3) is 5.91 Å². The van der Waals surface area contributed by atoms with Crippen molar-refractivity contribution >= 4 is 33.4 Å². The molecule has 20 heavy (non-hydrogen) atoms. The van der Waals surface area contributed by atoms with Gasteiger partial charge in [-0.3, -0.25) is 14.9 Å². The molecule has 5 nitrogen and oxygen atoms in total. The number of amides is 2. The van der Waals surface area contributed by atoms with Gasteiger partial charge in [-0.05, 0) is 41.9 Å². The highest BCUT2D eigenvalue weighted by Gasteiger charge is 2.42. The Bertz CT molecular complexity index is 652. The molecule has 1 aromatic rings. The van der Waals surface area contributed by atoms with E-state index in [1.807, 2.05) is 6.07 Å². The van der Waals surface area contributed by atoms with Crippen LogP contribution in [0.25, 0.3) is 0 Å². The van der Waals surface area contributed by atoms with Gasteiger partial charge >= 0.3 is 0 Å². The summed E-state index contributed by atoms with van der Waals surface area (Å²) in [6.45, 7) is 3.06. The van der Waals surface area contributed by atoms with Crippen LogP contribution in [0.15, 0.2) is 16.6 Å². The van der Waals surface area contributed by atoms with Gasteiger partial charge in [-0.15, -0.1) is 0 Å². The van der Waals surface area contributed by atoms with Gasteiger partial charge in [0, 0.05) is 0 Å². The highest BCUT2D eigenvalue weighted by molar-refractivity contribution is 9.10. The van der Waals surface area contributed by atoms with E-state index in [0.717, 1.165) is 0 Å². The van der Waals surface area contributed by atoms with E-state index >= 15 is 0 Å². The number of hydrogen-bond acceptors (Lipinski definition) is 4. The highest BCUT2D eigenvalue weighted by atomic mass is 79.9. The average Bonchev–Trinajstić information content (AvgIpc) is 2.38. The molecule has 1 saturated heterocycles. The number of carbonyl (C=O) groups is 2. The zero-order chi connectivity index (χ0) is 15.1. The first-order valence-electron chi connectivity index (χ1n) is 5.79. The Hall–Kier alpha value is -1.94. The number of carbonyl (C=O) groups excluding carboxylic acids is 2. The lowest BCUT2D eigenvalue weighted by molar-refractivity contribution is -0.135. The fraction of sp³-hybridized carbons (Fsp3) is 0.308. The predicted molar refractivity (Wildman–Crippen MR) is 73.4 cm³/mol. The summed E-state index contributed by atoms with van der Waals surface area (Å²) >= 11 is 3.02. The number of benzene rings is 1. The summed E-state index contributed by atoms with van der Waals surface area (Å²) in [5.41, 5.74) is -0.816. The molecule has 0 aromatic heterocycles. The van der Waals surface area contributed by atoms with E-state index in [1.54, 1.807) is 13.8 Å². The van der Waals surface area contributed by atoms with E-state index in [-0.39, 0.29) is 22.3 Å². The summed E-state index contributed by atoms with van der Waals surface area (Å²) in [5, 5.41) is 11.1. The molecule has 0 saturated carbocycles. The molecule has 1 heterocycles. The molecule has 1 N–H and O–H groups in total. The minimum atomic E-state index is -1.07. The van der Waals surface area contributed by atoms with Gasteiger partial charge in [0.05, 0.1) is 22.3 Å². The topological polar surface area (TPSA) is 73.2 Å². The number of anilines is 1. The summed E-state index contributed by atoms with van der Waals surface area (Å²) in [6.07, 6.45) is 0. The molecule has 7 heteroatoms. The number of nitrogens with zero attached hydrogens (tertiary/aromatic N) is 2. The zero-order valence-corrected chi connectivity index (χ0v) is 12.4. The molecular weight excluding hydrogens is 329 g/mol. The minimum Gasteiger partial charge on any atom is -0.346 e. The van der Waals surface area contributed by atoms with E-state index in [4.69, 9.17) is 5.26 Å². The summed E-state index contributed by atoms with van der Waals surface area (Å²) in [6, 6.07) is 4.69. The van der Waals surface area contributed by atoms with Gasteiger partial charge in [0.2, 0.25) is 5.91 Å². The second-order valence-corrected chi connectivity index (χ2v) is 5.69. The quantitative estimate of drug-likeness (QED) is 0.790. The van der Waals surface area contributed by atoms with Crippen LogP contribution in [0.4, 0.5) is 10.1 Å². The zero-order valence-electron chi connectivity index (χ0n) is 10.8. The molecule has 1 aliphatic heterocycles. The molecule has 0 bridgehead atoms. The van der Waals surface area contributed by atoms with Crippen molar-refractivity contribution < 1.29 is 14.0 Å². The average molecular weight is 340 g/mol. The van der Waals surface area contributed by atoms with Gasteiger partial charge in [-0.1, -0.05) is 0 Å². The van der Waals surface area contributed by atoms with Crippen molar-refractivity contribution in [2.24, 2.45) is 0 Å². The molecule has 2 amide bonds. The van der Waals surface area contributed by atoms with Crippen LogP contribution >= 0.6 is 15.9 Å². The summed E-state index contributed by atoms with van der Waals surface area (Å²) in [7, 11) is 0. The van der Waals surface area contributed by atoms with Crippen molar-refractivity contribution in [1.29, 1.82) is 5.26 Å². The van der Waals surface area contributed by atoms with Crippen molar-refractivity contribution in [3.63, 3.8) is 0 Å². The van der Waals surface area contributed by atoms with Crippen LogP contribution in [0.1, 0.15) is 19.4 Å². The Morgan fingerprint density at radius 2 is 2.10 bits per heavy atom. The SMILES string of the molecule is CC1(C)C(=O)NC(=O)CN1c1ccc(C#N)c(Br)c1F. The lowest BCUT2D eigenvalue weighted by atomic mass is 9.97. The lowest BCUT2D eigenvalue weighted by Gasteiger charge is -2.41.